The fourth-order valence-corrected chi connectivity index (χ4v) is 6.76. The first kappa shape index (κ1) is 22.4. The van der Waals surface area contributed by atoms with E-state index in [0.717, 1.165) is 25.7 Å². The summed E-state index contributed by atoms with van der Waals surface area (Å²) >= 11 is 0. The molecule has 0 atom stereocenters. The van der Waals surface area contributed by atoms with Gasteiger partial charge >= 0.3 is 0 Å². The van der Waals surface area contributed by atoms with Crippen molar-refractivity contribution >= 4 is 54.6 Å². The fraction of sp³-hybridized carbons (Fsp3) is 0.105. The second-order valence-electron chi connectivity index (χ2n) is 10.7. The molecule has 8 rings (SSSR count). The number of fused-ring (bicyclic) bond motifs is 5. The Morgan fingerprint density at radius 3 is 1.87 bits per heavy atom. The van der Waals surface area contributed by atoms with E-state index in [1.165, 1.54) is 71.3 Å². The van der Waals surface area contributed by atoms with E-state index in [9.17, 15) is 0 Å². The lowest BCUT2D eigenvalue weighted by Gasteiger charge is -2.19. The summed E-state index contributed by atoms with van der Waals surface area (Å²) in [5.74, 6) is 0. The highest BCUT2D eigenvalue weighted by Gasteiger charge is 2.19. The van der Waals surface area contributed by atoms with E-state index >= 15 is 0 Å². The topological polar surface area (TPSA) is 4.93 Å². The zero-order valence-corrected chi connectivity index (χ0v) is 21.9. The average molecular weight is 500 g/mol. The van der Waals surface area contributed by atoms with Crippen LogP contribution in [0.1, 0.15) is 31.2 Å². The smallest absolute Gasteiger partial charge is 0.0538 e. The minimum absolute atomic E-state index is 1.06. The van der Waals surface area contributed by atoms with Gasteiger partial charge in [0.15, 0.2) is 0 Å². The number of nitrogens with zero attached hydrogens (tertiary/aromatic N) is 1. The van der Waals surface area contributed by atoms with Crippen molar-refractivity contribution in [2.45, 2.75) is 25.7 Å². The van der Waals surface area contributed by atoms with Crippen LogP contribution >= 0.6 is 0 Å². The van der Waals surface area contributed by atoms with Crippen LogP contribution in [0.3, 0.4) is 0 Å². The Labute approximate surface area is 228 Å². The summed E-state index contributed by atoms with van der Waals surface area (Å²) in [5.41, 5.74) is 9.23. The molecule has 39 heavy (non-hydrogen) atoms. The lowest BCUT2D eigenvalue weighted by molar-refractivity contribution is 0.979. The number of aromatic nitrogens is 1. The molecule has 0 amide bonds. The van der Waals surface area contributed by atoms with E-state index in [4.69, 9.17) is 0 Å². The van der Waals surface area contributed by atoms with Gasteiger partial charge in [-0.15, -0.1) is 0 Å². The third-order valence-electron chi connectivity index (χ3n) is 8.46. The van der Waals surface area contributed by atoms with Gasteiger partial charge in [0.25, 0.3) is 0 Å². The molecule has 0 N–H and O–H groups in total. The van der Waals surface area contributed by atoms with Crippen molar-refractivity contribution in [3.63, 3.8) is 0 Å². The van der Waals surface area contributed by atoms with Crippen LogP contribution in [0, 0.1) is 0 Å². The van der Waals surface area contributed by atoms with Crippen LogP contribution in [0.15, 0.2) is 127 Å². The van der Waals surface area contributed by atoms with Gasteiger partial charge in [0.05, 0.1) is 11.0 Å². The van der Waals surface area contributed by atoms with Crippen molar-refractivity contribution in [3.8, 4) is 11.1 Å². The fourth-order valence-electron chi connectivity index (χ4n) is 6.76. The molecule has 0 saturated heterocycles. The maximum Gasteiger partial charge on any atom is 0.0538 e. The van der Waals surface area contributed by atoms with Crippen LogP contribution in [0.5, 0.6) is 0 Å². The first-order valence-electron chi connectivity index (χ1n) is 14.1. The van der Waals surface area contributed by atoms with Crippen molar-refractivity contribution in [2.75, 3.05) is 0 Å². The number of hydrogen-bond acceptors (Lipinski definition) is 0. The van der Waals surface area contributed by atoms with Gasteiger partial charge in [-0.05, 0) is 93.8 Å². The molecule has 2 aliphatic rings. The third-order valence-corrected chi connectivity index (χ3v) is 8.46. The van der Waals surface area contributed by atoms with Crippen LogP contribution < -0.4 is 0 Å². The second kappa shape index (κ2) is 8.99. The second-order valence-corrected chi connectivity index (χ2v) is 10.7. The maximum absolute atomic E-state index is 2.47. The molecule has 6 aromatic rings. The van der Waals surface area contributed by atoms with Crippen molar-refractivity contribution in [1.29, 1.82) is 0 Å². The van der Waals surface area contributed by atoms with E-state index in [1.807, 2.05) is 0 Å². The molecular weight excluding hydrogens is 470 g/mol. The van der Waals surface area contributed by atoms with Gasteiger partial charge in [0, 0.05) is 16.5 Å². The van der Waals surface area contributed by atoms with Gasteiger partial charge in [-0.3, -0.25) is 0 Å². The zero-order chi connectivity index (χ0) is 25.8. The molecule has 0 saturated carbocycles. The van der Waals surface area contributed by atoms with Crippen LogP contribution in [-0.4, -0.2) is 4.57 Å². The number of hydrogen-bond donors (Lipinski definition) is 0. The van der Waals surface area contributed by atoms with Gasteiger partial charge in [0.2, 0.25) is 0 Å². The van der Waals surface area contributed by atoms with Crippen molar-refractivity contribution in [3.05, 3.63) is 133 Å². The minimum atomic E-state index is 1.06. The van der Waals surface area contributed by atoms with E-state index < -0.39 is 0 Å². The summed E-state index contributed by atoms with van der Waals surface area (Å²) in [7, 11) is 0. The predicted molar refractivity (Wildman–Crippen MR) is 169 cm³/mol. The van der Waals surface area contributed by atoms with E-state index in [2.05, 4.69) is 132 Å². The quantitative estimate of drug-likeness (QED) is 0.213. The highest BCUT2D eigenvalue weighted by molar-refractivity contribution is 6.20. The molecule has 0 fully saturated rings. The Bertz CT molecular complexity index is 2000. The molecule has 1 heteroatoms. The summed E-state index contributed by atoms with van der Waals surface area (Å²) in [6.07, 6.45) is 18.1. The Balaban J connectivity index is 1.46. The van der Waals surface area contributed by atoms with E-state index in [0.29, 0.717) is 0 Å². The van der Waals surface area contributed by atoms with E-state index in [1.54, 1.807) is 0 Å². The number of benzene rings is 5. The Hall–Kier alpha value is -4.62. The van der Waals surface area contributed by atoms with Gasteiger partial charge in [-0.25, -0.2) is 0 Å². The summed E-state index contributed by atoms with van der Waals surface area (Å²) in [6.45, 7) is 0. The lowest BCUT2D eigenvalue weighted by Crippen LogP contribution is -1.98. The molecule has 0 unspecified atom stereocenters. The zero-order valence-electron chi connectivity index (χ0n) is 21.9. The van der Waals surface area contributed by atoms with Crippen LogP contribution in [0.4, 0.5) is 0 Å². The summed E-state index contributed by atoms with van der Waals surface area (Å²) in [5, 5.41) is 7.90. The highest BCUT2D eigenvalue weighted by Crippen LogP contribution is 2.44. The first-order chi connectivity index (χ1) is 19.4. The Morgan fingerprint density at radius 2 is 1.21 bits per heavy atom. The third kappa shape index (κ3) is 3.47. The molecule has 1 heterocycles. The number of rotatable bonds is 3. The number of para-hydroxylation sites is 1. The summed E-state index contributed by atoms with van der Waals surface area (Å²) in [4.78, 5) is 0. The van der Waals surface area contributed by atoms with Crippen molar-refractivity contribution in [2.24, 2.45) is 0 Å². The molecule has 1 nitrogen and oxygen atoms in total. The first-order valence-corrected chi connectivity index (χ1v) is 14.1. The Morgan fingerprint density at radius 1 is 0.538 bits per heavy atom. The van der Waals surface area contributed by atoms with Gasteiger partial charge < -0.3 is 4.57 Å². The minimum Gasteiger partial charge on any atom is -0.313 e. The van der Waals surface area contributed by atoms with Gasteiger partial charge in [-0.1, -0.05) is 103 Å². The normalized spacial score (nSPS) is 15.4. The average Bonchev–Trinajstić information content (AvgIpc) is 3.34. The molecule has 0 aliphatic heterocycles. The van der Waals surface area contributed by atoms with Gasteiger partial charge in [-0.2, -0.15) is 0 Å². The molecule has 5 aromatic carbocycles. The summed E-state index contributed by atoms with van der Waals surface area (Å²) in [6, 6.07) is 33.9. The summed E-state index contributed by atoms with van der Waals surface area (Å²) < 4.78 is 2.47. The molecule has 0 radical (unpaired) electrons. The van der Waals surface area contributed by atoms with Crippen molar-refractivity contribution < 1.29 is 0 Å². The molecule has 2 aliphatic carbocycles. The molecule has 0 spiro atoms. The molecule has 1 aromatic heterocycles. The Kier molecular flexibility index (Phi) is 5.16. The van der Waals surface area contributed by atoms with Crippen LogP contribution in [0.2, 0.25) is 0 Å². The standard InChI is InChI=1S/C38H29N/c1-3-13-26(14-4-1)37-30-18-7-9-20-32(30)38(33-21-10-8-19-31(33)37)27-23-24-36-34(25-27)29-17-11-12-22-35(29)39(36)28-15-5-2-6-16-28/h2-3,5,7-15,17-25H,1,4,6,16H2. The van der Waals surface area contributed by atoms with Crippen LogP contribution in [0.25, 0.3) is 65.7 Å². The van der Waals surface area contributed by atoms with Gasteiger partial charge in [0.1, 0.15) is 0 Å². The largest absolute Gasteiger partial charge is 0.313 e. The van der Waals surface area contributed by atoms with E-state index in [-0.39, 0.29) is 0 Å². The SMILES string of the molecule is C1=CCCC(n2c3ccccc3c3cc(-c4c5ccccc5c(C5=CCCC=C5)c5ccccc45)ccc32)=C1. The number of allylic oxidation sites excluding steroid dienone is 8. The maximum atomic E-state index is 2.47. The molecule has 0 bridgehead atoms. The molecular formula is C38H29N. The predicted octanol–water partition coefficient (Wildman–Crippen LogP) is 10.7. The lowest BCUT2D eigenvalue weighted by atomic mass is 9.84. The molecule has 186 valence electrons. The monoisotopic (exact) mass is 499 g/mol. The van der Waals surface area contributed by atoms with Crippen molar-refractivity contribution in [1.82, 2.24) is 4.57 Å². The van der Waals surface area contributed by atoms with Crippen LogP contribution in [-0.2, 0) is 0 Å². The highest BCUT2D eigenvalue weighted by atomic mass is 15.0.